The van der Waals surface area contributed by atoms with Crippen LogP contribution in [0, 0.1) is 0 Å². The Morgan fingerprint density at radius 2 is 2.35 bits per heavy atom. The van der Waals surface area contributed by atoms with Gasteiger partial charge >= 0.3 is 0 Å². The molecule has 0 aromatic carbocycles. The minimum absolute atomic E-state index is 0.0297. The number of nitrogens with one attached hydrogen (secondary N) is 2. The van der Waals surface area contributed by atoms with Gasteiger partial charge in [0, 0.05) is 32.2 Å². The topological polar surface area (TPSA) is 71.4 Å². The Hall–Kier alpha value is -1.44. The van der Waals surface area contributed by atoms with Crippen LogP contribution in [0.25, 0.3) is 0 Å². The Labute approximate surface area is 118 Å². The van der Waals surface area contributed by atoms with E-state index in [1.165, 1.54) is 4.68 Å². The molecule has 1 aromatic heterocycles. The molecule has 0 saturated carbocycles. The quantitative estimate of drug-likeness (QED) is 0.666. The van der Waals surface area contributed by atoms with E-state index in [1.54, 1.807) is 12.3 Å². The van der Waals surface area contributed by atoms with E-state index in [-0.39, 0.29) is 11.7 Å². The van der Waals surface area contributed by atoms with Gasteiger partial charge in [0.1, 0.15) is 0 Å². The standard InChI is InChI=1S/C13H23N5O2/c1-14-3-4-15-11-7-13(19)18(16-8-11)10-12-9-17(2)5-6-20-12/h7-8,12,14-15H,3-6,9-10H2,1-2H3. The van der Waals surface area contributed by atoms with Crippen molar-refractivity contribution in [3.8, 4) is 0 Å². The van der Waals surface area contributed by atoms with Crippen LogP contribution in [0.3, 0.4) is 0 Å². The average molecular weight is 281 g/mol. The van der Waals surface area contributed by atoms with E-state index in [2.05, 4.69) is 27.7 Å². The van der Waals surface area contributed by atoms with Gasteiger partial charge in [-0.2, -0.15) is 5.10 Å². The maximum Gasteiger partial charge on any atom is 0.268 e. The molecule has 1 unspecified atom stereocenters. The lowest BCUT2D eigenvalue weighted by Crippen LogP contribution is -2.43. The van der Waals surface area contributed by atoms with Crippen LogP contribution in [0.5, 0.6) is 0 Å². The van der Waals surface area contributed by atoms with Crippen LogP contribution in [-0.4, -0.2) is 67.7 Å². The number of hydrogen-bond acceptors (Lipinski definition) is 6. The van der Waals surface area contributed by atoms with E-state index in [1.807, 2.05) is 7.05 Å². The fraction of sp³-hybridized carbons (Fsp3) is 0.692. The van der Waals surface area contributed by atoms with Crippen LogP contribution in [0.1, 0.15) is 0 Å². The van der Waals surface area contributed by atoms with Crippen LogP contribution < -0.4 is 16.2 Å². The second-order valence-electron chi connectivity index (χ2n) is 5.05. The lowest BCUT2D eigenvalue weighted by atomic mass is 10.3. The normalized spacial score (nSPS) is 20.0. The van der Waals surface area contributed by atoms with E-state index in [0.717, 1.165) is 31.9 Å². The Morgan fingerprint density at radius 1 is 1.50 bits per heavy atom. The van der Waals surface area contributed by atoms with Gasteiger partial charge in [-0.25, -0.2) is 4.68 Å². The maximum atomic E-state index is 12.0. The summed E-state index contributed by atoms with van der Waals surface area (Å²) >= 11 is 0. The summed E-state index contributed by atoms with van der Waals surface area (Å²) in [5.74, 6) is 0. The molecule has 7 heteroatoms. The predicted molar refractivity (Wildman–Crippen MR) is 78.2 cm³/mol. The fourth-order valence-corrected chi connectivity index (χ4v) is 2.17. The van der Waals surface area contributed by atoms with Gasteiger partial charge in [-0.15, -0.1) is 0 Å². The molecule has 1 fully saturated rings. The first-order valence-electron chi connectivity index (χ1n) is 6.95. The molecule has 2 rings (SSSR count). The Balaban J connectivity index is 1.93. The molecule has 112 valence electrons. The molecule has 0 amide bonds. The van der Waals surface area contributed by atoms with E-state index < -0.39 is 0 Å². The highest BCUT2D eigenvalue weighted by atomic mass is 16.5. The summed E-state index contributed by atoms with van der Waals surface area (Å²) in [6, 6.07) is 1.58. The summed E-state index contributed by atoms with van der Waals surface area (Å²) in [7, 11) is 3.94. The highest BCUT2D eigenvalue weighted by molar-refractivity contribution is 5.38. The van der Waals surface area contributed by atoms with Gasteiger partial charge in [-0.05, 0) is 14.1 Å². The van der Waals surface area contributed by atoms with Crippen LogP contribution in [0.2, 0.25) is 0 Å². The van der Waals surface area contributed by atoms with Crippen molar-refractivity contribution in [1.29, 1.82) is 0 Å². The summed E-state index contributed by atoms with van der Waals surface area (Å²) < 4.78 is 7.12. The highest BCUT2D eigenvalue weighted by Gasteiger charge is 2.18. The first kappa shape index (κ1) is 15.0. The number of ether oxygens (including phenoxy) is 1. The lowest BCUT2D eigenvalue weighted by molar-refractivity contribution is -0.0296. The smallest absolute Gasteiger partial charge is 0.268 e. The first-order valence-corrected chi connectivity index (χ1v) is 6.95. The van der Waals surface area contributed by atoms with E-state index in [9.17, 15) is 4.79 Å². The molecule has 1 saturated heterocycles. The van der Waals surface area contributed by atoms with Gasteiger partial charge in [0.25, 0.3) is 5.56 Å². The van der Waals surface area contributed by atoms with Crippen molar-refractivity contribution in [2.24, 2.45) is 0 Å². The Morgan fingerprint density at radius 3 is 3.05 bits per heavy atom. The molecule has 2 N–H and O–H groups in total. The first-order chi connectivity index (χ1) is 9.69. The highest BCUT2D eigenvalue weighted by Crippen LogP contribution is 2.05. The fourth-order valence-electron chi connectivity index (χ4n) is 2.17. The third kappa shape index (κ3) is 4.29. The van der Waals surface area contributed by atoms with Crippen molar-refractivity contribution >= 4 is 5.69 Å². The Bertz CT molecular complexity index is 476. The monoisotopic (exact) mass is 281 g/mol. The summed E-state index contributed by atoms with van der Waals surface area (Å²) in [5.41, 5.74) is 0.652. The molecular weight excluding hydrogens is 258 g/mol. The van der Waals surface area contributed by atoms with Gasteiger partial charge in [0.05, 0.1) is 31.1 Å². The zero-order chi connectivity index (χ0) is 14.4. The maximum absolute atomic E-state index is 12.0. The number of anilines is 1. The number of likely N-dealkylation sites (N-methyl/N-ethyl adjacent to an activating group) is 2. The largest absolute Gasteiger partial charge is 0.382 e. The molecule has 0 bridgehead atoms. The molecule has 7 nitrogen and oxygen atoms in total. The molecule has 1 aliphatic rings. The minimum atomic E-state index is -0.101. The van der Waals surface area contributed by atoms with E-state index >= 15 is 0 Å². The average Bonchev–Trinajstić information content (AvgIpc) is 2.42. The van der Waals surface area contributed by atoms with Gasteiger partial charge in [0.2, 0.25) is 0 Å². The molecule has 20 heavy (non-hydrogen) atoms. The molecule has 2 heterocycles. The minimum Gasteiger partial charge on any atom is -0.382 e. The summed E-state index contributed by atoms with van der Waals surface area (Å²) in [6.45, 7) is 4.58. The Kier molecular flexibility index (Phi) is 5.51. The zero-order valence-electron chi connectivity index (χ0n) is 12.1. The number of nitrogens with zero attached hydrogens (tertiary/aromatic N) is 3. The summed E-state index contributed by atoms with van der Waals surface area (Å²) in [5, 5.41) is 10.4. The van der Waals surface area contributed by atoms with Gasteiger partial charge < -0.3 is 20.3 Å². The van der Waals surface area contributed by atoms with Gasteiger partial charge in [0.15, 0.2) is 0 Å². The van der Waals surface area contributed by atoms with Gasteiger partial charge in [-0.3, -0.25) is 4.79 Å². The predicted octanol–water partition coefficient (Wildman–Crippen LogP) is -0.795. The number of morpholine rings is 1. The van der Waals surface area contributed by atoms with Crippen LogP contribution >= 0.6 is 0 Å². The van der Waals surface area contributed by atoms with Crippen molar-refractivity contribution in [3.05, 3.63) is 22.6 Å². The summed E-state index contributed by atoms with van der Waals surface area (Å²) in [6.07, 6.45) is 1.71. The number of hydrogen-bond donors (Lipinski definition) is 2. The number of aromatic nitrogens is 2. The third-order valence-corrected chi connectivity index (χ3v) is 3.29. The molecule has 0 spiro atoms. The molecular formula is C13H23N5O2. The molecule has 1 aliphatic heterocycles. The SMILES string of the molecule is CNCCNc1cnn(CC2CN(C)CCO2)c(=O)c1. The molecule has 0 aliphatic carbocycles. The van der Waals surface area contributed by atoms with Crippen LogP contribution in [-0.2, 0) is 11.3 Å². The van der Waals surface area contributed by atoms with Crippen molar-refractivity contribution < 1.29 is 4.74 Å². The third-order valence-electron chi connectivity index (χ3n) is 3.29. The molecule has 1 aromatic rings. The van der Waals surface area contributed by atoms with Crippen LogP contribution in [0.15, 0.2) is 17.1 Å². The van der Waals surface area contributed by atoms with Crippen LogP contribution in [0.4, 0.5) is 5.69 Å². The van der Waals surface area contributed by atoms with E-state index in [0.29, 0.717) is 13.2 Å². The van der Waals surface area contributed by atoms with E-state index in [4.69, 9.17) is 4.74 Å². The van der Waals surface area contributed by atoms with Crippen molar-refractivity contribution in [2.45, 2.75) is 12.6 Å². The van der Waals surface area contributed by atoms with Crippen molar-refractivity contribution in [1.82, 2.24) is 20.0 Å². The van der Waals surface area contributed by atoms with Gasteiger partial charge in [-0.1, -0.05) is 0 Å². The van der Waals surface area contributed by atoms with Crippen molar-refractivity contribution in [2.75, 3.05) is 52.2 Å². The second-order valence-corrected chi connectivity index (χ2v) is 5.05. The lowest BCUT2D eigenvalue weighted by Gasteiger charge is -2.29. The van der Waals surface area contributed by atoms with Crippen molar-refractivity contribution in [3.63, 3.8) is 0 Å². The number of rotatable bonds is 6. The zero-order valence-corrected chi connectivity index (χ0v) is 12.1. The molecule has 0 radical (unpaired) electrons. The second kappa shape index (κ2) is 7.37. The molecule has 1 atom stereocenters. The summed E-state index contributed by atoms with van der Waals surface area (Å²) in [4.78, 5) is 14.2.